The Morgan fingerprint density at radius 2 is 1.95 bits per heavy atom. The van der Waals surface area contributed by atoms with E-state index in [1.54, 1.807) is 0 Å². The van der Waals surface area contributed by atoms with Crippen molar-refractivity contribution in [2.75, 3.05) is 18.5 Å². The zero-order valence-corrected chi connectivity index (χ0v) is 14.0. The van der Waals surface area contributed by atoms with Crippen molar-refractivity contribution in [1.82, 2.24) is 5.32 Å². The van der Waals surface area contributed by atoms with Crippen LogP contribution in [0.15, 0.2) is 18.2 Å². The fraction of sp³-hybridized carbons (Fsp3) is 0.588. The van der Waals surface area contributed by atoms with E-state index in [2.05, 4.69) is 17.6 Å². The van der Waals surface area contributed by atoms with Crippen molar-refractivity contribution in [2.45, 2.75) is 52.6 Å². The lowest BCUT2D eigenvalue weighted by atomic mass is 9.98. The molecule has 0 atom stereocenters. The molecule has 0 saturated heterocycles. The van der Waals surface area contributed by atoms with Crippen molar-refractivity contribution in [2.24, 2.45) is 0 Å². The van der Waals surface area contributed by atoms with E-state index in [4.69, 9.17) is 4.74 Å². The minimum absolute atomic E-state index is 0.239. The predicted octanol–water partition coefficient (Wildman–Crippen LogP) is 3.46. The molecule has 0 radical (unpaired) electrons. The second-order valence-electron chi connectivity index (χ2n) is 5.56. The van der Waals surface area contributed by atoms with Gasteiger partial charge in [-0.25, -0.2) is 4.79 Å². The summed E-state index contributed by atoms with van der Waals surface area (Å²) in [5.74, 6) is 0.802. The topological polar surface area (TPSA) is 70.6 Å². The summed E-state index contributed by atoms with van der Waals surface area (Å²) in [5, 5.41) is 15.7. The molecule has 0 aliphatic rings. The maximum absolute atomic E-state index is 11.9. The molecule has 124 valence electrons. The quantitative estimate of drug-likeness (QED) is 0.689. The summed E-state index contributed by atoms with van der Waals surface area (Å²) >= 11 is 0. The average molecular weight is 308 g/mol. The van der Waals surface area contributed by atoms with Gasteiger partial charge in [0.1, 0.15) is 5.75 Å². The van der Waals surface area contributed by atoms with Gasteiger partial charge < -0.3 is 20.5 Å². The number of amides is 2. The summed E-state index contributed by atoms with van der Waals surface area (Å²) in [6, 6.07) is 5.25. The first-order valence-electron chi connectivity index (χ1n) is 7.94. The number of rotatable bonds is 8. The molecule has 1 aromatic rings. The fourth-order valence-corrected chi connectivity index (χ4v) is 2.00. The van der Waals surface area contributed by atoms with Crippen LogP contribution >= 0.6 is 0 Å². The fourth-order valence-electron chi connectivity index (χ4n) is 2.00. The number of ether oxygens (including phenoxy) is 1. The van der Waals surface area contributed by atoms with Crippen molar-refractivity contribution in [1.29, 1.82) is 0 Å². The highest BCUT2D eigenvalue weighted by Crippen LogP contribution is 2.21. The van der Waals surface area contributed by atoms with Crippen LogP contribution in [0.1, 0.15) is 45.6 Å². The average Bonchev–Trinajstić information content (AvgIpc) is 2.53. The second-order valence-corrected chi connectivity index (χ2v) is 5.56. The highest BCUT2D eigenvalue weighted by molar-refractivity contribution is 5.90. The minimum atomic E-state index is -0.843. The summed E-state index contributed by atoms with van der Waals surface area (Å²) in [6.07, 6.45) is 2.16. The van der Waals surface area contributed by atoms with Crippen LogP contribution in [0.4, 0.5) is 10.5 Å². The number of urea groups is 1. The monoisotopic (exact) mass is 308 g/mol. The van der Waals surface area contributed by atoms with Crippen LogP contribution in [0.5, 0.6) is 5.75 Å². The summed E-state index contributed by atoms with van der Waals surface area (Å²) in [5.41, 5.74) is 0.826. The van der Waals surface area contributed by atoms with E-state index in [9.17, 15) is 9.90 Å². The summed E-state index contributed by atoms with van der Waals surface area (Å²) in [7, 11) is 0. The van der Waals surface area contributed by atoms with Gasteiger partial charge in [0, 0.05) is 12.2 Å². The molecule has 2 amide bonds. The minimum Gasteiger partial charge on any atom is -0.494 e. The van der Waals surface area contributed by atoms with E-state index < -0.39 is 5.60 Å². The van der Waals surface area contributed by atoms with E-state index in [0.717, 1.165) is 23.4 Å². The third-order valence-corrected chi connectivity index (χ3v) is 3.81. The maximum atomic E-state index is 11.9. The molecule has 5 nitrogen and oxygen atoms in total. The van der Waals surface area contributed by atoms with Crippen molar-refractivity contribution in [3.8, 4) is 5.75 Å². The third kappa shape index (κ3) is 5.56. The molecule has 0 bridgehead atoms. The first-order chi connectivity index (χ1) is 10.4. The van der Waals surface area contributed by atoms with Crippen LogP contribution in [-0.4, -0.2) is 29.9 Å². The van der Waals surface area contributed by atoms with Gasteiger partial charge in [0.25, 0.3) is 0 Å². The van der Waals surface area contributed by atoms with Gasteiger partial charge >= 0.3 is 6.03 Å². The van der Waals surface area contributed by atoms with Gasteiger partial charge in [-0.05, 0) is 49.9 Å². The van der Waals surface area contributed by atoms with Crippen LogP contribution in [0, 0.1) is 6.92 Å². The van der Waals surface area contributed by atoms with Gasteiger partial charge in [-0.1, -0.05) is 20.8 Å². The normalized spacial score (nSPS) is 11.1. The molecule has 0 unspecified atom stereocenters. The molecule has 1 rings (SSSR count). The molecule has 3 N–H and O–H groups in total. The highest BCUT2D eigenvalue weighted by Gasteiger charge is 2.22. The number of benzene rings is 1. The highest BCUT2D eigenvalue weighted by atomic mass is 16.5. The van der Waals surface area contributed by atoms with E-state index in [-0.39, 0.29) is 12.6 Å². The smallest absolute Gasteiger partial charge is 0.319 e. The van der Waals surface area contributed by atoms with Crippen LogP contribution in [0.3, 0.4) is 0 Å². The Morgan fingerprint density at radius 1 is 1.27 bits per heavy atom. The predicted molar refractivity (Wildman–Crippen MR) is 89.5 cm³/mol. The Balaban J connectivity index is 2.57. The van der Waals surface area contributed by atoms with Crippen LogP contribution in [0.2, 0.25) is 0 Å². The molecule has 1 aromatic carbocycles. The molecule has 22 heavy (non-hydrogen) atoms. The molecular weight excluding hydrogens is 280 g/mol. The van der Waals surface area contributed by atoms with Crippen molar-refractivity contribution < 1.29 is 14.6 Å². The lowest BCUT2D eigenvalue weighted by Crippen LogP contribution is -2.43. The van der Waals surface area contributed by atoms with Gasteiger partial charge in [-0.2, -0.15) is 0 Å². The zero-order valence-electron chi connectivity index (χ0n) is 14.0. The molecule has 0 aliphatic carbocycles. The molecule has 5 heteroatoms. The van der Waals surface area contributed by atoms with Gasteiger partial charge in [-0.3, -0.25) is 0 Å². The van der Waals surface area contributed by atoms with Crippen LogP contribution in [-0.2, 0) is 0 Å². The van der Waals surface area contributed by atoms with Gasteiger partial charge in [0.15, 0.2) is 0 Å². The maximum Gasteiger partial charge on any atom is 0.319 e. The number of anilines is 1. The number of aliphatic hydroxyl groups is 1. The number of nitrogens with one attached hydrogen (secondary N) is 2. The Hall–Kier alpha value is -1.75. The molecule has 0 fully saturated rings. The van der Waals surface area contributed by atoms with Gasteiger partial charge in [0.2, 0.25) is 0 Å². The first kappa shape index (κ1) is 18.3. The van der Waals surface area contributed by atoms with Crippen LogP contribution in [0.25, 0.3) is 0 Å². The first-order valence-corrected chi connectivity index (χ1v) is 7.94. The van der Waals surface area contributed by atoms with Crippen LogP contribution < -0.4 is 15.4 Å². The van der Waals surface area contributed by atoms with Gasteiger partial charge in [-0.15, -0.1) is 0 Å². The Bertz CT molecular complexity index is 485. The van der Waals surface area contributed by atoms with Gasteiger partial charge in [0.05, 0.1) is 12.2 Å². The van der Waals surface area contributed by atoms with E-state index in [0.29, 0.717) is 19.4 Å². The number of aryl methyl sites for hydroxylation is 1. The molecular formula is C17H28N2O3. The van der Waals surface area contributed by atoms with Crippen molar-refractivity contribution in [3.05, 3.63) is 23.8 Å². The third-order valence-electron chi connectivity index (χ3n) is 3.81. The summed E-state index contributed by atoms with van der Waals surface area (Å²) in [4.78, 5) is 11.9. The zero-order chi connectivity index (χ0) is 16.6. The number of hydrogen-bond acceptors (Lipinski definition) is 3. The molecule has 0 saturated carbocycles. The molecule has 0 aliphatic heterocycles. The Labute approximate surface area is 133 Å². The lowest BCUT2D eigenvalue weighted by Gasteiger charge is -2.25. The summed E-state index contributed by atoms with van der Waals surface area (Å²) in [6.45, 7) is 8.70. The standard InChI is InChI=1S/C17H28N2O3/c1-5-10-22-14-8-9-15(13(4)11-14)19-16(20)18-12-17(21,6-2)7-3/h8-9,11,21H,5-7,10,12H2,1-4H3,(H2,18,19,20). The number of carbonyl (C=O) groups is 1. The number of hydrogen-bond donors (Lipinski definition) is 3. The van der Waals surface area contributed by atoms with E-state index >= 15 is 0 Å². The molecule has 0 spiro atoms. The van der Waals surface area contributed by atoms with Crippen molar-refractivity contribution in [3.63, 3.8) is 0 Å². The van der Waals surface area contributed by atoms with E-state index in [1.807, 2.05) is 39.0 Å². The summed E-state index contributed by atoms with van der Waals surface area (Å²) < 4.78 is 5.56. The Morgan fingerprint density at radius 3 is 2.50 bits per heavy atom. The lowest BCUT2D eigenvalue weighted by molar-refractivity contribution is 0.0354. The van der Waals surface area contributed by atoms with Crippen molar-refractivity contribution >= 4 is 11.7 Å². The Kier molecular flexibility index (Phi) is 7.18. The number of carbonyl (C=O) groups excluding carboxylic acids is 1. The SMILES string of the molecule is CCCOc1ccc(NC(=O)NCC(O)(CC)CC)c(C)c1. The molecule has 0 aromatic heterocycles. The van der Waals surface area contributed by atoms with E-state index in [1.165, 1.54) is 0 Å². The largest absolute Gasteiger partial charge is 0.494 e. The molecule has 0 heterocycles. The second kappa shape index (κ2) is 8.63.